The number of amides is 1. The van der Waals surface area contributed by atoms with Crippen LogP contribution in [0.2, 0.25) is 0 Å². The van der Waals surface area contributed by atoms with Gasteiger partial charge in [0.15, 0.2) is 0 Å². The molecule has 16 heavy (non-hydrogen) atoms. The smallest absolute Gasteiger partial charge is 0.235 e. The molecule has 4 heteroatoms. The topological polar surface area (TPSA) is 32.3 Å². The van der Waals surface area contributed by atoms with Crippen molar-refractivity contribution in [1.82, 2.24) is 10.2 Å². The predicted octanol–water partition coefficient (Wildman–Crippen LogP) is 2.37. The zero-order chi connectivity index (χ0) is 11.4. The standard InChI is InChI=1S/C12H18N2OS/c1-2-3-4-6-14-8-11(15)13-12(14)10-5-7-16-9-10/h5,7,9,12H,2-4,6,8H2,1H3,(H,13,15). The maximum atomic E-state index is 11.4. The third-order valence-electron chi connectivity index (χ3n) is 2.92. The number of carbonyl (C=O) groups is 1. The quantitative estimate of drug-likeness (QED) is 0.799. The van der Waals surface area contributed by atoms with Gasteiger partial charge in [-0.2, -0.15) is 11.3 Å². The third-order valence-corrected chi connectivity index (χ3v) is 3.62. The van der Waals surface area contributed by atoms with Crippen LogP contribution in [-0.2, 0) is 4.79 Å². The van der Waals surface area contributed by atoms with Crippen LogP contribution in [-0.4, -0.2) is 23.9 Å². The molecule has 0 radical (unpaired) electrons. The van der Waals surface area contributed by atoms with Gasteiger partial charge in [-0.15, -0.1) is 0 Å². The number of hydrogen-bond acceptors (Lipinski definition) is 3. The molecule has 0 aromatic carbocycles. The lowest BCUT2D eigenvalue weighted by Gasteiger charge is -2.22. The molecule has 88 valence electrons. The number of thiophene rings is 1. The predicted molar refractivity (Wildman–Crippen MR) is 66.3 cm³/mol. The van der Waals surface area contributed by atoms with E-state index in [1.54, 1.807) is 11.3 Å². The van der Waals surface area contributed by atoms with Gasteiger partial charge < -0.3 is 5.32 Å². The fourth-order valence-corrected chi connectivity index (χ4v) is 2.74. The first-order valence-corrected chi connectivity index (χ1v) is 6.81. The zero-order valence-corrected chi connectivity index (χ0v) is 10.4. The first-order chi connectivity index (χ1) is 7.81. The van der Waals surface area contributed by atoms with Gasteiger partial charge in [0.05, 0.1) is 6.54 Å². The number of rotatable bonds is 5. The highest BCUT2D eigenvalue weighted by Crippen LogP contribution is 2.24. The van der Waals surface area contributed by atoms with Crippen LogP contribution in [0.15, 0.2) is 16.8 Å². The number of nitrogens with zero attached hydrogens (tertiary/aromatic N) is 1. The largest absolute Gasteiger partial charge is 0.335 e. The molecule has 1 unspecified atom stereocenters. The first-order valence-electron chi connectivity index (χ1n) is 5.86. The van der Waals surface area contributed by atoms with E-state index in [4.69, 9.17) is 0 Å². The first kappa shape index (κ1) is 11.6. The summed E-state index contributed by atoms with van der Waals surface area (Å²) in [6.45, 7) is 3.75. The van der Waals surface area contributed by atoms with Crippen LogP contribution in [0.3, 0.4) is 0 Å². The fourth-order valence-electron chi connectivity index (χ4n) is 2.06. The molecule has 1 aliphatic rings. The molecule has 1 aromatic heterocycles. The summed E-state index contributed by atoms with van der Waals surface area (Å²) < 4.78 is 0. The van der Waals surface area contributed by atoms with E-state index in [9.17, 15) is 4.79 Å². The summed E-state index contributed by atoms with van der Waals surface area (Å²) in [6.07, 6.45) is 3.74. The highest BCUT2D eigenvalue weighted by molar-refractivity contribution is 7.07. The van der Waals surface area contributed by atoms with Crippen LogP contribution in [0.4, 0.5) is 0 Å². The van der Waals surface area contributed by atoms with E-state index in [-0.39, 0.29) is 12.1 Å². The monoisotopic (exact) mass is 238 g/mol. The summed E-state index contributed by atoms with van der Waals surface area (Å²) in [4.78, 5) is 13.7. The summed E-state index contributed by atoms with van der Waals surface area (Å²) in [6, 6.07) is 2.09. The fraction of sp³-hybridized carbons (Fsp3) is 0.583. The number of hydrogen-bond donors (Lipinski definition) is 1. The van der Waals surface area contributed by atoms with Gasteiger partial charge in [0.1, 0.15) is 6.17 Å². The lowest BCUT2D eigenvalue weighted by molar-refractivity contribution is -0.118. The Morgan fingerprint density at radius 3 is 3.12 bits per heavy atom. The van der Waals surface area contributed by atoms with Crippen LogP contribution < -0.4 is 5.32 Å². The molecule has 2 heterocycles. The van der Waals surface area contributed by atoms with Gasteiger partial charge >= 0.3 is 0 Å². The van der Waals surface area contributed by atoms with E-state index in [0.717, 1.165) is 6.54 Å². The minimum Gasteiger partial charge on any atom is -0.335 e. The Bertz CT molecular complexity index is 337. The normalized spacial score (nSPS) is 21.3. The van der Waals surface area contributed by atoms with Gasteiger partial charge in [-0.3, -0.25) is 9.69 Å². The molecular formula is C12H18N2OS. The maximum absolute atomic E-state index is 11.4. The molecule has 1 saturated heterocycles. The average Bonchev–Trinajstić information content (AvgIpc) is 2.87. The summed E-state index contributed by atoms with van der Waals surface area (Å²) in [7, 11) is 0. The number of carbonyl (C=O) groups excluding carboxylic acids is 1. The molecule has 1 N–H and O–H groups in total. The highest BCUT2D eigenvalue weighted by atomic mass is 32.1. The minimum absolute atomic E-state index is 0.107. The van der Waals surface area contributed by atoms with E-state index in [1.807, 2.05) is 0 Å². The second-order valence-electron chi connectivity index (χ2n) is 4.20. The molecule has 1 amide bonds. The van der Waals surface area contributed by atoms with Crippen LogP contribution in [0.25, 0.3) is 0 Å². The summed E-state index contributed by atoms with van der Waals surface area (Å²) in [5.74, 6) is 0.146. The molecule has 1 aliphatic heterocycles. The molecule has 0 saturated carbocycles. The zero-order valence-electron chi connectivity index (χ0n) is 9.61. The molecular weight excluding hydrogens is 220 g/mol. The summed E-state index contributed by atoms with van der Waals surface area (Å²) in [5.41, 5.74) is 1.22. The third kappa shape index (κ3) is 2.62. The molecule has 0 bridgehead atoms. The Morgan fingerprint density at radius 2 is 2.44 bits per heavy atom. The van der Waals surface area contributed by atoms with Crippen LogP contribution in [0.1, 0.15) is 37.9 Å². The van der Waals surface area contributed by atoms with Crippen molar-refractivity contribution in [3.63, 3.8) is 0 Å². The average molecular weight is 238 g/mol. The van der Waals surface area contributed by atoms with Crippen LogP contribution in [0, 0.1) is 0 Å². The molecule has 1 atom stereocenters. The van der Waals surface area contributed by atoms with Gasteiger partial charge in [0.25, 0.3) is 0 Å². The molecule has 2 rings (SSSR count). The maximum Gasteiger partial charge on any atom is 0.235 e. The van der Waals surface area contributed by atoms with Crippen molar-refractivity contribution in [2.24, 2.45) is 0 Å². The van der Waals surface area contributed by atoms with Crippen LogP contribution >= 0.6 is 11.3 Å². The Kier molecular flexibility index (Phi) is 3.96. The van der Waals surface area contributed by atoms with Gasteiger partial charge in [-0.1, -0.05) is 19.8 Å². The van der Waals surface area contributed by atoms with E-state index >= 15 is 0 Å². The number of nitrogens with one attached hydrogen (secondary N) is 1. The van der Waals surface area contributed by atoms with E-state index in [0.29, 0.717) is 6.54 Å². The van der Waals surface area contributed by atoms with Crippen molar-refractivity contribution < 1.29 is 4.79 Å². The molecule has 1 aromatic rings. The van der Waals surface area contributed by atoms with E-state index in [1.165, 1.54) is 24.8 Å². The van der Waals surface area contributed by atoms with E-state index in [2.05, 4.69) is 34.0 Å². The van der Waals surface area contributed by atoms with Crippen molar-refractivity contribution in [1.29, 1.82) is 0 Å². The van der Waals surface area contributed by atoms with Gasteiger partial charge in [-0.05, 0) is 28.8 Å². The number of unbranched alkanes of at least 4 members (excludes halogenated alkanes) is 2. The Morgan fingerprint density at radius 1 is 1.56 bits per heavy atom. The molecule has 3 nitrogen and oxygen atoms in total. The van der Waals surface area contributed by atoms with Gasteiger partial charge in [-0.25, -0.2) is 0 Å². The van der Waals surface area contributed by atoms with Crippen molar-refractivity contribution in [3.05, 3.63) is 22.4 Å². The second kappa shape index (κ2) is 5.46. The van der Waals surface area contributed by atoms with Crippen LogP contribution in [0.5, 0.6) is 0 Å². The SMILES string of the molecule is CCCCCN1CC(=O)NC1c1ccsc1. The molecule has 0 spiro atoms. The Balaban J connectivity index is 1.96. The van der Waals surface area contributed by atoms with E-state index < -0.39 is 0 Å². The Hall–Kier alpha value is -0.870. The Labute approximate surface area is 100 Å². The van der Waals surface area contributed by atoms with Crippen molar-refractivity contribution >= 4 is 17.2 Å². The molecule has 0 aliphatic carbocycles. The minimum atomic E-state index is 0.107. The highest BCUT2D eigenvalue weighted by Gasteiger charge is 2.30. The second-order valence-corrected chi connectivity index (χ2v) is 4.98. The lowest BCUT2D eigenvalue weighted by Crippen LogP contribution is -2.28. The summed E-state index contributed by atoms with van der Waals surface area (Å²) in [5, 5.41) is 7.20. The van der Waals surface area contributed by atoms with Crippen molar-refractivity contribution in [2.75, 3.05) is 13.1 Å². The lowest BCUT2D eigenvalue weighted by atomic mass is 10.2. The van der Waals surface area contributed by atoms with Gasteiger partial charge in [0, 0.05) is 6.54 Å². The van der Waals surface area contributed by atoms with Crippen molar-refractivity contribution in [2.45, 2.75) is 32.4 Å². The molecule has 1 fully saturated rings. The van der Waals surface area contributed by atoms with Crippen molar-refractivity contribution in [3.8, 4) is 0 Å². The van der Waals surface area contributed by atoms with Gasteiger partial charge in [0.2, 0.25) is 5.91 Å². The summed E-state index contributed by atoms with van der Waals surface area (Å²) >= 11 is 1.68.